The summed E-state index contributed by atoms with van der Waals surface area (Å²) in [5.41, 5.74) is 0. The summed E-state index contributed by atoms with van der Waals surface area (Å²) in [6, 6.07) is 0. The minimum atomic E-state index is 0. The topological polar surface area (TPSA) is 28.5 Å². The van der Waals surface area contributed by atoms with Gasteiger partial charge in [-0.3, -0.25) is 0 Å². The summed E-state index contributed by atoms with van der Waals surface area (Å²) >= 11 is 0. The average Bonchev–Trinajstić information content (AvgIpc) is 0. The number of rotatable bonds is 0. The molecule has 0 aromatic carbocycles. The Labute approximate surface area is 72.0 Å². The summed E-state index contributed by atoms with van der Waals surface area (Å²) in [7, 11) is 0. The molecule has 4 heteroatoms. The number of halogens is 1. The molecule has 0 radical (unpaired) electrons. The molecule has 0 aromatic rings. The van der Waals surface area contributed by atoms with Gasteiger partial charge in [0, 0.05) is 0 Å². The van der Waals surface area contributed by atoms with Crippen molar-refractivity contribution in [3.05, 3.63) is 0 Å². The molecular formula is AlCaClO+2. The molecule has 0 aliphatic heterocycles. The van der Waals surface area contributed by atoms with E-state index >= 15 is 0 Å². The third-order valence-electron chi connectivity index (χ3n) is 0. The van der Waals surface area contributed by atoms with E-state index in [0.717, 1.165) is 0 Å². The van der Waals surface area contributed by atoms with E-state index in [4.69, 9.17) is 0 Å². The minimum absolute atomic E-state index is 0. The molecule has 4 heavy (non-hydrogen) atoms. The van der Waals surface area contributed by atoms with Gasteiger partial charge in [-0.05, 0) is 0 Å². The first-order valence-electron chi connectivity index (χ1n) is 0. The molecule has 0 aromatic heterocycles. The van der Waals surface area contributed by atoms with E-state index in [1.165, 1.54) is 0 Å². The van der Waals surface area contributed by atoms with Crippen molar-refractivity contribution >= 4 is 55.1 Å². The molecule has 0 aliphatic carbocycles. The molecule has 0 aliphatic rings. The summed E-state index contributed by atoms with van der Waals surface area (Å²) in [4.78, 5) is 0. The van der Waals surface area contributed by atoms with Crippen LogP contribution in [0.25, 0.3) is 0 Å². The molecule has 0 atom stereocenters. The summed E-state index contributed by atoms with van der Waals surface area (Å²) < 4.78 is 0. The Hall–Kier alpha value is 2.04. The van der Waals surface area contributed by atoms with Gasteiger partial charge in [0.1, 0.15) is 0 Å². The zero-order chi connectivity index (χ0) is 0. The molecule has 0 saturated heterocycles. The average molecular weight is 119 g/mol. The second-order valence-corrected chi connectivity index (χ2v) is 0. The van der Waals surface area contributed by atoms with Crippen LogP contribution in [-0.2, 0) is 5.48 Å². The van der Waals surface area contributed by atoms with Gasteiger partial charge in [-0.15, -0.1) is 0 Å². The van der Waals surface area contributed by atoms with Crippen molar-refractivity contribution < 1.29 is 17.9 Å². The van der Waals surface area contributed by atoms with Gasteiger partial charge in [-0.1, -0.05) is 0 Å². The van der Waals surface area contributed by atoms with Crippen LogP contribution in [0.3, 0.4) is 0 Å². The fourth-order valence-corrected chi connectivity index (χ4v) is 0. The molecule has 0 bridgehead atoms. The van der Waals surface area contributed by atoms with Crippen LogP contribution in [0.15, 0.2) is 0 Å². The second-order valence-electron chi connectivity index (χ2n) is 0. The number of hydrogen-bond donors (Lipinski definition) is 0. The summed E-state index contributed by atoms with van der Waals surface area (Å²) in [5, 5.41) is 0. The SMILES string of the molecule is [Al+3].[Ca+2].[Cl-].[O-2]. The van der Waals surface area contributed by atoms with Gasteiger partial charge in [0.15, 0.2) is 0 Å². The van der Waals surface area contributed by atoms with Crippen molar-refractivity contribution in [1.29, 1.82) is 0 Å². The van der Waals surface area contributed by atoms with Crippen LogP contribution in [0.2, 0.25) is 0 Å². The van der Waals surface area contributed by atoms with Crippen LogP contribution in [0, 0.1) is 0 Å². The molecule has 0 heterocycles. The Morgan fingerprint density at radius 3 is 1.00 bits per heavy atom. The van der Waals surface area contributed by atoms with Crippen LogP contribution >= 0.6 is 0 Å². The monoisotopic (exact) mass is 118 g/mol. The van der Waals surface area contributed by atoms with E-state index in [1.54, 1.807) is 0 Å². The van der Waals surface area contributed by atoms with Crippen molar-refractivity contribution in [1.82, 2.24) is 0 Å². The van der Waals surface area contributed by atoms with E-state index in [1.807, 2.05) is 0 Å². The molecule has 0 saturated carbocycles. The first-order valence-corrected chi connectivity index (χ1v) is 0. The molecule has 0 unspecified atom stereocenters. The second kappa shape index (κ2) is 19.8. The first-order chi connectivity index (χ1) is 0. The fourth-order valence-electron chi connectivity index (χ4n) is 0. The normalized spacial score (nSPS) is 0. The van der Waals surface area contributed by atoms with E-state index in [9.17, 15) is 0 Å². The van der Waals surface area contributed by atoms with Gasteiger partial charge in [-0.25, -0.2) is 0 Å². The molecule has 0 fully saturated rings. The van der Waals surface area contributed by atoms with Crippen molar-refractivity contribution in [2.75, 3.05) is 0 Å². The van der Waals surface area contributed by atoms with Crippen LogP contribution in [0.4, 0.5) is 0 Å². The van der Waals surface area contributed by atoms with Crippen molar-refractivity contribution in [3.8, 4) is 0 Å². The summed E-state index contributed by atoms with van der Waals surface area (Å²) in [6.45, 7) is 0. The van der Waals surface area contributed by atoms with Crippen molar-refractivity contribution in [2.24, 2.45) is 0 Å². The maximum absolute atomic E-state index is 0. The maximum atomic E-state index is 0. The fraction of sp³-hybridized carbons (Fsp3) is 0. The Kier molecular flexibility index (Phi) is 182. The first kappa shape index (κ1) is 36.8. The van der Waals surface area contributed by atoms with Crippen LogP contribution in [-0.4, -0.2) is 55.1 Å². The quantitative estimate of drug-likeness (QED) is 0.291. The Morgan fingerprint density at radius 2 is 1.00 bits per heavy atom. The smallest absolute Gasteiger partial charge is 2.00 e. The molecule has 0 rings (SSSR count). The summed E-state index contributed by atoms with van der Waals surface area (Å²) in [6.07, 6.45) is 0. The van der Waals surface area contributed by atoms with Gasteiger partial charge in [0.05, 0.1) is 0 Å². The van der Waals surface area contributed by atoms with E-state index < -0.39 is 0 Å². The van der Waals surface area contributed by atoms with Crippen LogP contribution < -0.4 is 12.4 Å². The van der Waals surface area contributed by atoms with Gasteiger partial charge >= 0.3 is 55.1 Å². The Balaban J connectivity index is 0. The minimum Gasteiger partial charge on any atom is -2.00 e. The van der Waals surface area contributed by atoms with E-state index in [2.05, 4.69) is 0 Å². The molecular weight excluding hydrogens is 119 g/mol. The van der Waals surface area contributed by atoms with E-state index in [-0.39, 0.29) is 73.0 Å². The van der Waals surface area contributed by atoms with Crippen LogP contribution in [0.5, 0.6) is 0 Å². The molecule has 0 N–H and O–H groups in total. The van der Waals surface area contributed by atoms with Crippen molar-refractivity contribution in [2.45, 2.75) is 0 Å². The Bertz CT molecular complexity index is 8.00. The predicted octanol–water partition coefficient (Wildman–Crippen LogP) is -3.88. The molecule has 0 spiro atoms. The largest absolute Gasteiger partial charge is 3.00 e. The molecule has 1 nitrogen and oxygen atoms in total. The van der Waals surface area contributed by atoms with Crippen molar-refractivity contribution in [3.63, 3.8) is 0 Å². The predicted molar refractivity (Wildman–Crippen MR) is 12.2 cm³/mol. The number of hydrogen-bond acceptors (Lipinski definition) is 0. The van der Waals surface area contributed by atoms with Gasteiger partial charge in [0.25, 0.3) is 0 Å². The molecule has 16 valence electrons. The van der Waals surface area contributed by atoms with Gasteiger partial charge in [-0.2, -0.15) is 0 Å². The third-order valence-corrected chi connectivity index (χ3v) is 0. The Morgan fingerprint density at radius 1 is 1.00 bits per heavy atom. The standard InChI is InChI=1S/Al.Ca.ClH.O/h;;1H;/q+3;+2;;-2/p-1. The zero-order valence-electron chi connectivity index (χ0n) is 2.07. The third kappa shape index (κ3) is 8.97. The summed E-state index contributed by atoms with van der Waals surface area (Å²) in [5.74, 6) is 0. The van der Waals surface area contributed by atoms with E-state index in [0.29, 0.717) is 0 Å². The van der Waals surface area contributed by atoms with Gasteiger partial charge < -0.3 is 17.9 Å². The zero-order valence-corrected chi connectivity index (χ0v) is 6.19. The van der Waals surface area contributed by atoms with Gasteiger partial charge in [0.2, 0.25) is 0 Å². The van der Waals surface area contributed by atoms with Crippen LogP contribution in [0.1, 0.15) is 0 Å². The maximum Gasteiger partial charge on any atom is 3.00 e. The molecule has 0 amide bonds.